The molecule has 0 aliphatic rings. The first kappa shape index (κ1) is 17.0. The summed E-state index contributed by atoms with van der Waals surface area (Å²) in [6.07, 6.45) is 0. The van der Waals surface area contributed by atoms with Crippen LogP contribution in [0.2, 0.25) is 0 Å². The van der Waals surface area contributed by atoms with Crippen LogP contribution in [0, 0.1) is 0 Å². The van der Waals surface area contributed by atoms with Crippen LogP contribution in [0.4, 0.5) is 0 Å². The molecule has 0 heteroatoms. The van der Waals surface area contributed by atoms with Crippen molar-refractivity contribution in [1.82, 2.24) is 0 Å². The highest BCUT2D eigenvalue weighted by atomic mass is 14.2. The number of benzene rings is 5. The molecule has 0 unspecified atom stereocenters. The highest BCUT2D eigenvalue weighted by molar-refractivity contribution is 6.16. The van der Waals surface area contributed by atoms with Gasteiger partial charge in [0.25, 0.3) is 0 Å². The lowest BCUT2D eigenvalue weighted by Crippen LogP contribution is -2.10. The highest BCUT2D eigenvalue weighted by Gasteiger charge is 2.17. The Morgan fingerprint density at radius 1 is 0.500 bits per heavy atom. The summed E-state index contributed by atoms with van der Waals surface area (Å²) in [7, 11) is 0. The Kier molecular flexibility index (Phi) is 3.77. The highest BCUT2D eigenvalue weighted by Crippen LogP contribution is 2.40. The summed E-state index contributed by atoms with van der Waals surface area (Å²) in [5.41, 5.74) is 4.15. The van der Waals surface area contributed by atoms with Gasteiger partial charge >= 0.3 is 0 Å². The molecular weight excluding hydrogens is 336 g/mol. The van der Waals surface area contributed by atoms with Crippen molar-refractivity contribution in [3.8, 4) is 11.1 Å². The van der Waals surface area contributed by atoms with E-state index in [0.717, 1.165) is 0 Å². The minimum Gasteiger partial charge on any atom is -0.0616 e. The van der Waals surface area contributed by atoms with Gasteiger partial charge in [-0.1, -0.05) is 99.6 Å². The van der Waals surface area contributed by atoms with Crippen molar-refractivity contribution in [1.29, 1.82) is 0 Å². The van der Waals surface area contributed by atoms with Gasteiger partial charge in [-0.15, -0.1) is 0 Å². The summed E-state index contributed by atoms with van der Waals surface area (Å²) in [6, 6.07) is 33.4. The van der Waals surface area contributed by atoms with Crippen LogP contribution < -0.4 is 0 Å². The lowest BCUT2D eigenvalue weighted by molar-refractivity contribution is 0.591. The molecule has 28 heavy (non-hydrogen) atoms. The zero-order valence-corrected chi connectivity index (χ0v) is 16.7. The van der Waals surface area contributed by atoms with Crippen LogP contribution in [0.3, 0.4) is 0 Å². The van der Waals surface area contributed by atoms with E-state index in [2.05, 4.69) is 112 Å². The molecule has 0 aliphatic carbocycles. The molecule has 0 aliphatic heterocycles. The fourth-order valence-corrected chi connectivity index (χ4v) is 4.26. The SMILES string of the molecule is CC(C)(C)c1ccc2cc3ccccc3c(-c3cccc4ccccc34)c2c1. The van der Waals surface area contributed by atoms with Crippen LogP contribution in [0.25, 0.3) is 43.4 Å². The zero-order valence-electron chi connectivity index (χ0n) is 16.7. The van der Waals surface area contributed by atoms with E-state index in [0.29, 0.717) is 0 Å². The van der Waals surface area contributed by atoms with Crippen molar-refractivity contribution in [3.63, 3.8) is 0 Å². The van der Waals surface area contributed by atoms with Crippen molar-refractivity contribution >= 4 is 32.3 Å². The molecule has 5 aromatic rings. The Hall–Kier alpha value is -3.12. The van der Waals surface area contributed by atoms with E-state index < -0.39 is 0 Å². The third-order valence-electron chi connectivity index (χ3n) is 5.79. The minimum atomic E-state index is 0.121. The summed E-state index contributed by atoms with van der Waals surface area (Å²) in [5, 5.41) is 7.84. The predicted octanol–water partition coefficient (Wildman–Crippen LogP) is 8.11. The normalized spacial score (nSPS) is 12.1. The fraction of sp³-hybridized carbons (Fsp3) is 0.143. The third-order valence-corrected chi connectivity index (χ3v) is 5.79. The Labute approximate surface area is 166 Å². The number of hydrogen-bond donors (Lipinski definition) is 0. The maximum atomic E-state index is 2.40. The Balaban J connectivity index is 1.99. The summed E-state index contributed by atoms with van der Waals surface area (Å²) < 4.78 is 0. The smallest absolute Gasteiger partial charge is 0.00205 e. The first-order valence-corrected chi connectivity index (χ1v) is 9.96. The minimum absolute atomic E-state index is 0.121. The second kappa shape index (κ2) is 6.21. The molecule has 136 valence electrons. The number of hydrogen-bond acceptors (Lipinski definition) is 0. The molecule has 0 spiro atoms. The second-order valence-electron chi connectivity index (χ2n) is 8.69. The third kappa shape index (κ3) is 2.68. The fourth-order valence-electron chi connectivity index (χ4n) is 4.26. The zero-order chi connectivity index (χ0) is 19.3. The van der Waals surface area contributed by atoms with Gasteiger partial charge in [-0.05, 0) is 66.6 Å². The Morgan fingerprint density at radius 3 is 1.93 bits per heavy atom. The summed E-state index contributed by atoms with van der Waals surface area (Å²) in [5.74, 6) is 0. The molecule has 0 heterocycles. The molecule has 0 saturated heterocycles. The van der Waals surface area contributed by atoms with E-state index in [4.69, 9.17) is 0 Å². The van der Waals surface area contributed by atoms with Crippen LogP contribution in [0.5, 0.6) is 0 Å². The molecule has 0 amide bonds. The maximum absolute atomic E-state index is 2.40. The molecule has 0 N–H and O–H groups in total. The molecule has 5 rings (SSSR count). The largest absolute Gasteiger partial charge is 0.0616 e. The second-order valence-corrected chi connectivity index (χ2v) is 8.69. The maximum Gasteiger partial charge on any atom is -0.00205 e. The van der Waals surface area contributed by atoms with Gasteiger partial charge in [0.05, 0.1) is 0 Å². The van der Waals surface area contributed by atoms with Gasteiger partial charge < -0.3 is 0 Å². The lowest BCUT2D eigenvalue weighted by Gasteiger charge is -2.21. The van der Waals surface area contributed by atoms with Gasteiger partial charge in [-0.25, -0.2) is 0 Å². The van der Waals surface area contributed by atoms with E-state index in [9.17, 15) is 0 Å². The topological polar surface area (TPSA) is 0 Å². The van der Waals surface area contributed by atoms with Gasteiger partial charge in [0, 0.05) is 0 Å². The van der Waals surface area contributed by atoms with Gasteiger partial charge in [0.2, 0.25) is 0 Å². The molecule has 0 saturated carbocycles. The average Bonchev–Trinajstić information content (AvgIpc) is 2.70. The summed E-state index contributed by atoms with van der Waals surface area (Å²) in [6.45, 7) is 6.85. The average molecular weight is 361 g/mol. The van der Waals surface area contributed by atoms with Crippen LogP contribution in [-0.2, 0) is 5.41 Å². The van der Waals surface area contributed by atoms with Crippen LogP contribution in [-0.4, -0.2) is 0 Å². The van der Waals surface area contributed by atoms with Crippen molar-refractivity contribution in [2.45, 2.75) is 26.2 Å². The van der Waals surface area contributed by atoms with Crippen molar-refractivity contribution in [3.05, 3.63) is 96.6 Å². The van der Waals surface area contributed by atoms with Gasteiger partial charge in [-0.3, -0.25) is 0 Å². The Morgan fingerprint density at radius 2 is 1.14 bits per heavy atom. The van der Waals surface area contributed by atoms with E-state index in [1.165, 1.54) is 49.0 Å². The first-order chi connectivity index (χ1) is 13.5. The molecule has 0 radical (unpaired) electrons. The predicted molar refractivity (Wildman–Crippen MR) is 123 cm³/mol. The first-order valence-electron chi connectivity index (χ1n) is 9.96. The van der Waals surface area contributed by atoms with Gasteiger partial charge in [-0.2, -0.15) is 0 Å². The van der Waals surface area contributed by atoms with Gasteiger partial charge in [0.1, 0.15) is 0 Å². The number of fused-ring (bicyclic) bond motifs is 3. The summed E-state index contributed by atoms with van der Waals surface area (Å²) in [4.78, 5) is 0. The van der Waals surface area contributed by atoms with Gasteiger partial charge in [0.15, 0.2) is 0 Å². The molecule has 0 nitrogen and oxygen atoms in total. The van der Waals surface area contributed by atoms with E-state index in [1.807, 2.05) is 0 Å². The van der Waals surface area contributed by atoms with Crippen molar-refractivity contribution < 1.29 is 0 Å². The van der Waals surface area contributed by atoms with Crippen LogP contribution in [0.1, 0.15) is 26.3 Å². The molecule has 0 aromatic heterocycles. The monoisotopic (exact) mass is 360 g/mol. The Bertz CT molecular complexity index is 1330. The number of rotatable bonds is 1. The summed E-state index contributed by atoms with van der Waals surface area (Å²) >= 11 is 0. The standard InChI is InChI=1S/C28H24/c1-28(2,3)22-16-15-21-17-20-10-5-7-13-24(20)27(26(21)18-22)25-14-8-11-19-9-4-6-12-23(19)25/h4-18H,1-3H3. The van der Waals surface area contributed by atoms with Crippen molar-refractivity contribution in [2.75, 3.05) is 0 Å². The molecule has 0 atom stereocenters. The van der Waals surface area contributed by atoms with E-state index in [1.54, 1.807) is 0 Å². The molecular formula is C28H24. The van der Waals surface area contributed by atoms with E-state index >= 15 is 0 Å². The molecule has 0 fully saturated rings. The lowest BCUT2D eigenvalue weighted by atomic mass is 9.83. The quantitative estimate of drug-likeness (QED) is 0.265. The van der Waals surface area contributed by atoms with Crippen molar-refractivity contribution in [2.24, 2.45) is 0 Å². The van der Waals surface area contributed by atoms with Crippen LogP contribution >= 0.6 is 0 Å². The molecule has 5 aromatic carbocycles. The van der Waals surface area contributed by atoms with Crippen LogP contribution in [0.15, 0.2) is 91.0 Å². The van der Waals surface area contributed by atoms with E-state index in [-0.39, 0.29) is 5.41 Å². The molecule has 0 bridgehead atoms.